The average molecular weight is 280 g/mol. The average Bonchev–Trinajstić information content (AvgIpc) is 2.39. The van der Waals surface area contributed by atoms with Gasteiger partial charge in [-0.25, -0.2) is 4.79 Å². The van der Waals surface area contributed by atoms with Crippen LogP contribution in [0.5, 0.6) is 0 Å². The van der Waals surface area contributed by atoms with Gasteiger partial charge in [0, 0.05) is 18.2 Å². The van der Waals surface area contributed by atoms with Gasteiger partial charge in [0.25, 0.3) is 5.69 Å². The monoisotopic (exact) mass is 280 g/mol. The normalized spacial score (nSPS) is 12.2. The summed E-state index contributed by atoms with van der Waals surface area (Å²) in [5.74, 6) is -0.713. The van der Waals surface area contributed by atoms with Gasteiger partial charge in [-0.3, -0.25) is 10.1 Å². The molecule has 0 heterocycles. The number of carboxylic acids is 1. The summed E-state index contributed by atoms with van der Waals surface area (Å²) in [7, 11) is 0. The molecule has 1 aromatic rings. The molecule has 110 valence electrons. The third kappa shape index (κ3) is 3.69. The van der Waals surface area contributed by atoms with Crippen molar-refractivity contribution in [1.82, 2.24) is 0 Å². The second-order valence-electron chi connectivity index (χ2n) is 4.80. The standard InChI is InChI=1S/C14H20N2O4/c1-4-10(5-2)9(3)15-13-8-11(16(19)20)6-7-12(13)14(17)18/h6-10,15H,4-5H2,1-3H3,(H,17,18). The lowest BCUT2D eigenvalue weighted by Gasteiger charge is -2.24. The second-order valence-corrected chi connectivity index (χ2v) is 4.80. The van der Waals surface area contributed by atoms with Crippen molar-refractivity contribution in [2.45, 2.75) is 39.7 Å². The molecular weight excluding hydrogens is 260 g/mol. The predicted molar refractivity (Wildman–Crippen MR) is 77.2 cm³/mol. The number of nitro benzene ring substituents is 1. The van der Waals surface area contributed by atoms with Gasteiger partial charge in [-0.15, -0.1) is 0 Å². The first-order valence-corrected chi connectivity index (χ1v) is 6.68. The number of carbonyl (C=O) groups is 1. The van der Waals surface area contributed by atoms with E-state index in [1.807, 2.05) is 6.92 Å². The van der Waals surface area contributed by atoms with Crippen LogP contribution in [-0.4, -0.2) is 22.0 Å². The van der Waals surface area contributed by atoms with Crippen LogP contribution in [0.15, 0.2) is 18.2 Å². The van der Waals surface area contributed by atoms with Crippen LogP contribution in [0.25, 0.3) is 0 Å². The number of hydrogen-bond donors (Lipinski definition) is 2. The fourth-order valence-corrected chi connectivity index (χ4v) is 2.31. The molecule has 0 saturated heterocycles. The summed E-state index contributed by atoms with van der Waals surface area (Å²) in [6, 6.07) is 3.80. The molecule has 0 aliphatic carbocycles. The van der Waals surface area contributed by atoms with Gasteiger partial charge in [0.15, 0.2) is 0 Å². The number of rotatable bonds is 7. The van der Waals surface area contributed by atoms with Gasteiger partial charge < -0.3 is 10.4 Å². The molecule has 0 aliphatic rings. The topological polar surface area (TPSA) is 92.5 Å². The molecule has 1 rings (SSSR count). The van der Waals surface area contributed by atoms with Gasteiger partial charge in [-0.05, 0) is 18.9 Å². The Morgan fingerprint density at radius 3 is 2.45 bits per heavy atom. The van der Waals surface area contributed by atoms with E-state index in [9.17, 15) is 14.9 Å². The lowest BCUT2D eigenvalue weighted by atomic mass is 9.95. The zero-order valence-electron chi connectivity index (χ0n) is 11.9. The van der Waals surface area contributed by atoms with Crippen LogP contribution >= 0.6 is 0 Å². The number of nitro groups is 1. The molecule has 0 spiro atoms. The first kappa shape index (κ1) is 15.9. The van der Waals surface area contributed by atoms with Gasteiger partial charge in [-0.2, -0.15) is 0 Å². The van der Waals surface area contributed by atoms with Crippen molar-refractivity contribution < 1.29 is 14.8 Å². The summed E-state index contributed by atoms with van der Waals surface area (Å²) >= 11 is 0. The molecule has 0 aromatic heterocycles. The van der Waals surface area contributed by atoms with Crippen LogP contribution in [0.1, 0.15) is 44.0 Å². The van der Waals surface area contributed by atoms with Crippen LogP contribution in [-0.2, 0) is 0 Å². The first-order chi connectivity index (χ1) is 9.40. The summed E-state index contributed by atoms with van der Waals surface area (Å²) in [6.07, 6.45) is 1.92. The molecule has 0 aliphatic heterocycles. The Morgan fingerprint density at radius 2 is 2.00 bits per heavy atom. The van der Waals surface area contributed by atoms with Crippen LogP contribution in [0.2, 0.25) is 0 Å². The third-order valence-corrected chi connectivity index (χ3v) is 3.58. The zero-order valence-corrected chi connectivity index (χ0v) is 11.9. The largest absolute Gasteiger partial charge is 0.478 e. The van der Waals surface area contributed by atoms with Gasteiger partial charge >= 0.3 is 5.97 Å². The molecule has 0 amide bonds. The highest BCUT2D eigenvalue weighted by Gasteiger charge is 2.19. The summed E-state index contributed by atoms with van der Waals surface area (Å²) in [5, 5.41) is 23.1. The molecule has 6 nitrogen and oxygen atoms in total. The Labute approximate surface area is 118 Å². The highest BCUT2D eigenvalue weighted by Crippen LogP contribution is 2.25. The third-order valence-electron chi connectivity index (χ3n) is 3.58. The Morgan fingerprint density at radius 1 is 1.40 bits per heavy atom. The van der Waals surface area contributed by atoms with Crippen LogP contribution in [0.3, 0.4) is 0 Å². The van der Waals surface area contributed by atoms with Gasteiger partial charge in [-0.1, -0.05) is 26.7 Å². The molecule has 1 aromatic carbocycles. The minimum absolute atomic E-state index is 0.0464. The maximum absolute atomic E-state index is 11.2. The minimum atomic E-state index is -1.10. The Kier molecular flexibility index (Phi) is 5.49. The molecule has 0 radical (unpaired) electrons. The van der Waals surface area contributed by atoms with Crippen molar-refractivity contribution in [3.8, 4) is 0 Å². The van der Waals surface area contributed by atoms with E-state index in [-0.39, 0.29) is 17.3 Å². The number of anilines is 1. The molecule has 6 heteroatoms. The molecule has 2 N–H and O–H groups in total. The zero-order chi connectivity index (χ0) is 15.3. The summed E-state index contributed by atoms with van der Waals surface area (Å²) < 4.78 is 0. The van der Waals surface area contributed by atoms with Gasteiger partial charge in [0.2, 0.25) is 0 Å². The number of benzene rings is 1. The van der Waals surface area contributed by atoms with Crippen molar-refractivity contribution in [3.05, 3.63) is 33.9 Å². The quantitative estimate of drug-likeness (QED) is 0.588. The Balaban J connectivity index is 3.10. The second kappa shape index (κ2) is 6.88. The summed E-state index contributed by atoms with van der Waals surface area (Å²) in [4.78, 5) is 21.5. The Hall–Kier alpha value is -2.11. The number of non-ortho nitro benzene ring substituents is 1. The minimum Gasteiger partial charge on any atom is -0.478 e. The molecular formula is C14H20N2O4. The molecule has 0 fully saturated rings. The number of aromatic carboxylic acids is 1. The van der Waals surface area contributed by atoms with Crippen LogP contribution < -0.4 is 5.32 Å². The fraction of sp³-hybridized carbons (Fsp3) is 0.500. The summed E-state index contributed by atoms with van der Waals surface area (Å²) in [6.45, 7) is 6.10. The number of carboxylic acid groups (broad SMARTS) is 1. The van der Waals surface area contributed by atoms with Crippen LogP contribution in [0.4, 0.5) is 11.4 Å². The van der Waals surface area contributed by atoms with E-state index in [4.69, 9.17) is 5.11 Å². The van der Waals surface area contributed by atoms with E-state index >= 15 is 0 Å². The number of hydrogen-bond acceptors (Lipinski definition) is 4. The van der Waals surface area contributed by atoms with Crippen molar-refractivity contribution >= 4 is 17.3 Å². The lowest BCUT2D eigenvalue weighted by Crippen LogP contribution is -2.26. The van der Waals surface area contributed by atoms with Gasteiger partial charge in [0.1, 0.15) is 0 Å². The number of nitrogens with zero attached hydrogens (tertiary/aromatic N) is 1. The van der Waals surface area contributed by atoms with Crippen LogP contribution in [0, 0.1) is 16.0 Å². The smallest absolute Gasteiger partial charge is 0.337 e. The first-order valence-electron chi connectivity index (χ1n) is 6.68. The van der Waals surface area contributed by atoms with Crippen molar-refractivity contribution in [2.24, 2.45) is 5.92 Å². The highest BCUT2D eigenvalue weighted by molar-refractivity contribution is 5.94. The van der Waals surface area contributed by atoms with E-state index < -0.39 is 10.9 Å². The van der Waals surface area contributed by atoms with Crippen molar-refractivity contribution in [1.29, 1.82) is 0 Å². The van der Waals surface area contributed by atoms with E-state index in [0.717, 1.165) is 12.8 Å². The van der Waals surface area contributed by atoms with Crippen molar-refractivity contribution in [2.75, 3.05) is 5.32 Å². The molecule has 0 saturated carbocycles. The van der Waals surface area contributed by atoms with Crippen molar-refractivity contribution in [3.63, 3.8) is 0 Å². The molecule has 1 atom stereocenters. The lowest BCUT2D eigenvalue weighted by molar-refractivity contribution is -0.384. The maximum Gasteiger partial charge on any atom is 0.337 e. The van der Waals surface area contributed by atoms with E-state index in [1.54, 1.807) is 0 Å². The molecule has 20 heavy (non-hydrogen) atoms. The van der Waals surface area contributed by atoms with E-state index in [0.29, 0.717) is 11.6 Å². The van der Waals surface area contributed by atoms with E-state index in [2.05, 4.69) is 19.2 Å². The van der Waals surface area contributed by atoms with Gasteiger partial charge in [0.05, 0.1) is 16.2 Å². The maximum atomic E-state index is 11.2. The highest BCUT2D eigenvalue weighted by atomic mass is 16.6. The van der Waals surface area contributed by atoms with E-state index in [1.165, 1.54) is 18.2 Å². The SMILES string of the molecule is CCC(CC)C(C)Nc1cc([N+](=O)[O-])ccc1C(=O)O. The molecule has 1 unspecified atom stereocenters. The Bertz CT molecular complexity index is 498. The number of nitrogens with one attached hydrogen (secondary N) is 1. The fourth-order valence-electron chi connectivity index (χ4n) is 2.31. The molecule has 0 bridgehead atoms. The predicted octanol–water partition coefficient (Wildman–Crippen LogP) is 3.53. The summed E-state index contributed by atoms with van der Waals surface area (Å²) in [5.41, 5.74) is 0.230.